The largest absolute Gasteiger partial charge is 0.393 e. The minimum Gasteiger partial charge on any atom is -0.393 e. The van der Waals surface area contributed by atoms with Crippen molar-refractivity contribution >= 4 is 11.5 Å². The Kier molecular flexibility index (Phi) is 3.33. The van der Waals surface area contributed by atoms with Gasteiger partial charge >= 0.3 is 5.69 Å². The average Bonchev–Trinajstić information content (AvgIpc) is 2.68. The van der Waals surface area contributed by atoms with Gasteiger partial charge in [0.15, 0.2) is 5.65 Å². The van der Waals surface area contributed by atoms with Crippen molar-refractivity contribution in [2.75, 3.05) is 18.5 Å². The Balaban J connectivity index is 2.32. The van der Waals surface area contributed by atoms with E-state index in [0.29, 0.717) is 24.4 Å². The van der Waals surface area contributed by atoms with Crippen LogP contribution in [0.5, 0.6) is 0 Å². The van der Waals surface area contributed by atoms with E-state index in [2.05, 4.69) is 15.2 Å². The lowest BCUT2D eigenvalue weighted by molar-refractivity contribution is 0.187. The maximum absolute atomic E-state index is 11.5. The third kappa shape index (κ3) is 2.35. The molecule has 0 saturated carbocycles. The van der Waals surface area contributed by atoms with Crippen molar-refractivity contribution in [1.29, 1.82) is 0 Å². The normalized spacial score (nSPS) is 12.9. The van der Waals surface area contributed by atoms with E-state index in [9.17, 15) is 9.90 Å². The van der Waals surface area contributed by atoms with Crippen LogP contribution in [0.4, 0.5) is 5.82 Å². The van der Waals surface area contributed by atoms with Crippen molar-refractivity contribution in [2.24, 2.45) is 0 Å². The minimum absolute atomic E-state index is 0.284. The molecule has 0 bridgehead atoms. The molecule has 2 aromatic heterocycles. The number of aryl methyl sites for hydroxylation is 1. The fourth-order valence-corrected chi connectivity index (χ4v) is 1.77. The van der Waals surface area contributed by atoms with E-state index in [1.807, 2.05) is 11.9 Å². The van der Waals surface area contributed by atoms with Gasteiger partial charge < -0.3 is 10.0 Å². The Morgan fingerprint density at radius 2 is 2.33 bits per heavy atom. The Morgan fingerprint density at radius 1 is 1.61 bits per heavy atom. The maximum atomic E-state index is 11.5. The molecule has 1 unspecified atom stereocenters. The number of hydrogen-bond donors (Lipinski definition) is 2. The van der Waals surface area contributed by atoms with Crippen LogP contribution in [-0.2, 0) is 0 Å². The molecule has 0 spiro atoms. The number of aliphatic hydroxyl groups excluding tert-OH is 1. The number of anilines is 1. The zero-order valence-corrected chi connectivity index (χ0v) is 10.7. The first-order valence-electron chi connectivity index (χ1n) is 5.83. The molecular formula is C11H17N5O2. The summed E-state index contributed by atoms with van der Waals surface area (Å²) in [6, 6.07) is 1.74. The summed E-state index contributed by atoms with van der Waals surface area (Å²) in [4.78, 5) is 17.7. The number of aliphatic hydroxyl groups is 1. The highest BCUT2D eigenvalue weighted by Gasteiger charge is 2.10. The van der Waals surface area contributed by atoms with Crippen molar-refractivity contribution in [2.45, 2.75) is 26.4 Å². The van der Waals surface area contributed by atoms with E-state index in [0.717, 1.165) is 5.82 Å². The summed E-state index contributed by atoms with van der Waals surface area (Å²) < 4.78 is 1.42. The summed E-state index contributed by atoms with van der Waals surface area (Å²) >= 11 is 0. The van der Waals surface area contributed by atoms with E-state index in [-0.39, 0.29) is 11.8 Å². The molecule has 2 N–H and O–H groups in total. The van der Waals surface area contributed by atoms with Crippen LogP contribution in [0.1, 0.15) is 19.2 Å². The first-order chi connectivity index (χ1) is 8.49. The van der Waals surface area contributed by atoms with Gasteiger partial charge in [0.2, 0.25) is 0 Å². The number of hydrogen-bond acceptors (Lipinski definition) is 5. The number of aromatic nitrogens is 4. The molecule has 1 atom stereocenters. The predicted octanol–water partition coefficient (Wildman–Crippen LogP) is -0.0669. The Bertz CT molecular complexity index is 601. The number of nitrogens with zero attached hydrogens (tertiary/aromatic N) is 4. The fraction of sp³-hybridized carbons (Fsp3) is 0.545. The van der Waals surface area contributed by atoms with Crippen LogP contribution in [0.15, 0.2) is 10.9 Å². The zero-order valence-electron chi connectivity index (χ0n) is 10.7. The van der Waals surface area contributed by atoms with Crippen LogP contribution in [-0.4, -0.2) is 44.4 Å². The lowest BCUT2D eigenvalue weighted by Gasteiger charge is -2.19. The van der Waals surface area contributed by atoms with Crippen molar-refractivity contribution < 1.29 is 5.11 Å². The smallest absolute Gasteiger partial charge is 0.349 e. The SMILES string of the molecule is Cc1nc(N(C)CCC(C)O)cc2n[nH]c(=O)n12. The third-order valence-electron chi connectivity index (χ3n) is 2.83. The lowest BCUT2D eigenvalue weighted by atomic mass is 10.3. The number of nitrogens with one attached hydrogen (secondary N) is 1. The Morgan fingerprint density at radius 3 is 3.00 bits per heavy atom. The van der Waals surface area contributed by atoms with E-state index in [4.69, 9.17) is 0 Å². The van der Waals surface area contributed by atoms with Gasteiger partial charge in [-0.25, -0.2) is 19.3 Å². The first-order valence-corrected chi connectivity index (χ1v) is 5.83. The molecule has 0 radical (unpaired) electrons. The quantitative estimate of drug-likeness (QED) is 0.794. The van der Waals surface area contributed by atoms with Crippen molar-refractivity contribution in [3.8, 4) is 0 Å². The summed E-state index contributed by atoms with van der Waals surface area (Å²) in [7, 11) is 1.89. The molecule has 0 amide bonds. The molecule has 2 heterocycles. The Labute approximate surface area is 104 Å². The van der Waals surface area contributed by atoms with Crippen LogP contribution in [0, 0.1) is 6.92 Å². The van der Waals surface area contributed by atoms with Gasteiger partial charge in [0, 0.05) is 19.7 Å². The Hall–Kier alpha value is -1.89. The molecule has 7 heteroatoms. The van der Waals surface area contributed by atoms with E-state index >= 15 is 0 Å². The third-order valence-corrected chi connectivity index (χ3v) is 2.83. The van der Waals surface area contributed by atoms with Crippen LogP contribution in [0.3, 0.4) is 0 Å². The van der Waals surface area contributed by atoms with E-state index in [1.165, 1.54) is 4.40 Å². The molecule has 0 aliphatic carbocycles. The molecule has 0 aromatic carbocycles. The highest BCUT2D eigenvalue weighted by atomic mass is 16.3. The molecule has 18 heavy (non-hydrogen) atoms. The molecule has 98 valence electrons. The summed E-state index contributed by atoms with van der Waals surface area (Å²) in [5, 5.41) is 15.6. The minimum atomic E-state index is -0.342. The number of fused-ring (bicyclic) bond motifs is 1. The van der Waals surface area contributed by atoms with Crippen LogP contribution in [0.2, 0.25) is 0 Å². The van der Waals surface area contributed by atoms with Gasteiger partial charge in [0.05, 0.1) is 6.10 Å². The van der Waals surface area contributed by atoms with Crippen molar-refractivity contribution in [1.82, 2.24) is 19.6 Å². The van der Waals surface area contributed by atoms with Gasteiger partial charge in [-0.3, -0.25) is 0 Å². The zero-order chi connectivity index (χ0) is 13.3. The summed E-state index contributed by atoms with van der Waals surface area (Å²) in [5.74, 6) is 1.32. The topological polar surface area (TPSA) is 86.5 Å². The number of aromatic amines is 1. The standard InChI is InChI=1S/C11H17N5O2/c1-7(17)4-5-15(3)9-6-10-13-14-11(18)16(10)8(2)12-9/h6-7,17H,4-5H2,1-3H3,(H,14,18). The van der Waals surface area contributed by atoms with Crippen LogP contribution in [0.25, 0.3) is 5.65 Å². The molecule has 7 nitrogen and oxygen atoms in total. The molecule has 2 rings (SSSR count). The van der Waals surface area contributed by atoms with Crippen LogP contribution < -0.4 is 10.6 Å². The van der Waals surface area contributed by atoms with E-state index in [1.54, 1.807) is 19.9 Å². The van der Waals surface area contributed by atoms with Gasteiger partial charge in [0.1, 0.15) is 11.6 Å². The van der Waals surface area contributed by atoms with Crippen molar-refractivity contribution in [3.05, 3.63) is 22.4 Å². The van der Waals surface area contributed by atoms with Gasteiger partial charge in [-0.1, -0.05) is 0 Å². The molecule has 0 aliphatic rings. The van der Waals surface area contributed by atoms with Gasteiger partial charge in [-0.05, 0) is 20.3 Å². The van der Waals surface area contributed by atoms with Crippen LogP contribution >= 0.6 is 0 Å². The summed E-state index contributed by atoms with van der Waals surface area (Å²) in [5.41, 5.74) is 0.264. The summed E-state index contributed by atoms with van der Waals surface area (Å²) in [6.45, 7) is 4.20. The second-order valence-corrected chi connectivity index (χ2v) is 4.44. The number of H-pyrrole nitrogens is 1. The molecular weight excluding hydrogens is 234 g/mol. The fourth-order valence-electron chi connectivity index (χ4n) is 1.77. The predicted molar refractivity (Wildman–Crippen MR) is 67.9 cm³/mol. The van der Waals surface area contributed by atoms with Crippen molar-refractivity contribution in [3.63, 3.8) is 0 Å². The molecule has 2 aromatic rings. The first kappa shape index (κ1) is 12.6. The van der Waals surface area contributed by atoms with Gasteiger partial charge in [-0.2, -0.15) is 5.10 Å². The highest BCUT2D eigenvalue weighted by molar-refractivity contribution is 5.50. The average molecular weight is 251 g/mol. The highest BCUT2D eigenvalue weighted by Crippen LogP contribution is 2.12. The second kappa shape index (κ2) is 4.77. The van der Waals surface area contributed by atoms with Gasteiger partial charge in [0.25, 0.3) is 0 Å². The second-order valence-electron chi connectivity index (χ2n) is 4.44. The molecule has 0 saturated heterocycles. The lowest BCUT2D eigenvalue weighted by Crippen LogP contribution is -2.24. The monoisotopic (exact) mass is 251 g/mol. The number of rotatable bonds is 4. The van der Waals surface area contributed by atoms with E-state index < -0.39 is 0 Å². The van der Waals surface area contributed by atoms with Gasteiger partial charge in [-0.15, -0.1) is 0 Å². The maximum Gasteiger partial charge on any atom is 0.349 e. The molecule has 0 aliphatic heterocycles. The molecule has 0 fully saturated rings. The summed E-state index contributed by atoms with van der Waals surface area (Å²) in [6.07, 6.45) is 0.320.